The normalized spacial score (nSPS) is 12.2. The van der Waals surface area contributed by atoms with Gasteiger partial charge in [0.25, 0.3) is 0 Å². The first-order valence-electron chi connectivity index (χ1n) is 9.14. The molecule has 1 atom stereocenters. The molecular formula is C21H15F3N3O4S+. The van der Waals surface area contributed by atoms with Crippen molar-refractivity contribution in [2.75, 3.05) is 7.11 Å². The molecule has 0 fully saturated rings. The van der Waals surface area contributed by atoms with Gasteiger partial charge in [-0.05, 0) is 32.6 Å². The van der Waals surface area contributed by atoms with E-state index in [9.17, 15) is 27.6 Å². The first kappa shape index (κ1) is 21.5. The standard InChI is InChI=1S/C21H15F3N3O4S/c1-26-17(21(22,23)24)10-18(29)27(20(26)30)32-16-6-4-3-5-13(16)19(25-32)14-9-12(11-28)7-8-15(14)31-2/h3-11H,1-2H3/q+1. The fraction of sp³-hybridized carbons (Fsp3) is 0.143. The Labute approximate surface area is 181 Å². The van der Waals surface area contributed by atoms with Crippen LogP contribution in [0.15, 0.2) is 58.1 Å². The van der Waals surface area contributed by atoms with Crippen LogP contribution in [-0.4, -0.2) is 26.3 Å². The predicted octanol–water partition coefficient (Wildman–Crippen LogP) is 3.66. The smallest absolute Gasteiger partial charge is 0.431 e. The number of carbonyl (C=O) groups is 1. The van der Waals surface area contributed by atoms with Gasteiger partial charge in [-0.1, -0.05) is 12.1 Å². The number of rotatable bonds is 4. The molecule has 0 aliphatic carbocycles. The van der Waals surface area contributed by atoms with Gasteiger partial charge in [-0.3, -0.25) is 14.2 Å². The van der Waals surface area contributed by atoms with Crippen molar-refractivity contribution in [2.45, 2.75) is 6.18 Å². The number of halogens is 3. The van der Waals surface area contributed by atoms with Crippen molar-refractivity contribution < 1.29 is 22.7 Å². The van der Waals surface area contributed by atoms with Crippen LogP contribution in [0.1, 0.15) is 16.1 Å². The van der Waals surface area contributed by atoms with Crippen molar-refractivity contribution in [3.63, 3.8) is 0 Å². The van der Waals surface area contributed by atoms with E-state index in [1.807, 2.05) is 0 Å². The van der Waals surface area contributed by atoms with Gasteiger partial charge in [0.05, 0.1) is 12.5 Å². The number of hydrogen-bond acceptors (Lipinski definition) is 5. The fourth-order valence-electron chi connectivity index (χ4n) is 3.36. The molecule has 0 saturated carbocycles. The molecule has 0 aliphatic rings. The largest absolute Gasteiger partial charge is 0.496 e. The third-order valence-electron chi connectivity index (χ3n) is 4.88. The molecule has 4 aromatic rings. The minimum absolute atomic E-state index is 0.357. The lowest BCUT2D eigenvalue weighted by molar-refractivity contribution is -0.144. The van der Waals surface area contributed by atoms with Gasteiger partial charge < -0.3 is 4.74 Å². The third-order valence-corrected chi connectivity index (χ3v) is 6.66. The van der Waals surface area contributed by atoms with Crippen LogP contribution in [0.2, 0.25) is 0 Å². The summed E-state index contributed by atoms with van der Waals surface area (Å²) in [4.78, 5) is 36.7. The number of benzene rings is 2. The summed E-state index contributed by atoms with van der Waals surface area (Å²) in [5, 5.41) is 0.575. The fourth-order valence-corrected chi connectivity index (χ4v) is 5.16. The molecule has 0 aliphatic heterocycles. The number of fused-ring (bicyclic) bond motifs is 1. The highest BCUT2D eigenvalue weighted by atomic mass is 32.2. The second-order valence-electron chi connectivity index (χ2n) is 6.78. The molecule has 1 unspecified atom stereocenters. The Bertz CT molecular complexity index is 1480. The summed E-state index contributed by atoms with van der Waals surface area (Å²) in [7, 11) is 0.857. The van der Waals surface area contributed by atoms with E-state index in [0.717, 1.165) is 7.05 Å². The topological polar surface area (TPSA) is 83.2 Å². The summed E-state index contributed by atoms with van der Waals surface area (Å²) in [6.07, 6.45) is -4.21. The summed E-state index contributed by atoms with van der Waals surface area (Å²) >= 11 is 0. The lowest BCUT2D eigenvalue weighted by atomic mass is 10.0. The van der Waals surface area contributed by atoms with Gasteiger partial charge >= 0.3 is 17.4 Å². The molecule has 0 spiro atoms. The monoisotopic (exact) mass is 462 g/mol. The highest BCUT2D eigenvalue weighted by molar-refractivity contribution is 7.31. The number of nitrogens with zero attached hydrogens (tertiary/aromatic N) is 3. The molecule has 0 saturated heterocycles. The Kier molecular flexibility index (Phi) is 5.21. The lowest BCUT2D eigenvalue weighted by Crippen LogP contribution is -2.39. The minimum atomic E-state index is -4.86. The van der Waals surface area contributed by atoms with Gasteiger partial charge in [0.15, 0.2) is 0 Å². The van der Waals surface area contributed by atoms with Crippen LogP contribution < -0.4 is 16.0 Å². The number of alkyl halides is 3. The third kappa shape index (κ3) is 3.40. The Morgan fingerprint density at radius 3 is 2.47 bits per heavy atom. The van der Waals surface area contributed by atoms with Gasteiger partial charge in [-0.25, -0.2) is 4.79 Å². The maximum Gasteiger partial charge on any atom is 0.431 e. The van der Waals surface area contributed by atoms with E-state index in [1.54, 1.807) is 42.5 Å². The van der Waals surface area contributed by atoms with Crippen molar-refractivity contribution in [1.82, 2.24) is 12.9 Å². The molecule has 0 radical (unpaired) electrons. The molecular weight excluding hydrogens is 447 g/mol. The van der Waals surface area contributed by atoms with Crippen LogP contribution in [0.5, 0.6) is 5.75 Å². The summed E-state index contributed by atoms with van der Waals surface area (Å²) in [6, 6.07) is 11.9. The molecule has 4 rings (SSSR count). The summed E-state index contributed by atoms with van der Waals surface area (Å²) < 4.78 is 51.2. The maximum atomic E-state index is 13.2. The Balaban J connectivity index is 2.08. The molecule has 0 N–H and O–H groups in total. The first-order chi connectivity index (χ1) is 15.2. The SMILES string of the molecule is COc1ccc(C=O)cc1-c1n[s+](-n2c(=O)cc(C(F)(F)F)n(C)c2=O)c2ccccc12. The zero-order valence-corrected chi connectivity index (χ0v) is 17.5. The zero-order valence-electron chi connectivity index (χ0n) is 16.7. The van der Waals surface area contributed by atoms with Crippen LogP contribution in [0.3, 0.4) is 0 Å². The first-order valence-corrected chi connectivity index (χ1v) is 10.3. The van der Waals surface area contributed by atoms with Crippen LogP contribution in [-0.2, 0) is 13.2 Å². The average molecular weight is 462 g/mol. The van der Waals surface area contributed by atoms with E-state index in [-0.39, 0.29) is 0 Å². The molecule has 164 valence electrons. The lowest BCUT2D eigenvalue weighted by Gasteiger charge is -2.10. The highest BCUT2D eigenvalue weighted by Crippen LogP contribution is 2.40. The maximum absolute atomic E-state index is 13.2. The van der Waals surface area contributed by atoms with Crippen LogP contribution in [0.25, 0.3) is 21.3 Å². The number of methoxy groups -OCH3 is 1. The molecule has 0 amide bonds. The van der Waals surface area contributed by atoms with E-state index in [1.165, 1.54) is 7.11 Å². The zero-order chi connectivity index (χ0) is 23.2. The van der Waals surface area contributed by atoms with Crippen molar-refractivity contribution in [2.24, 2.45) is 7.05 Å². The molecule has 2 aromatic carbocycles. The van der Waals surface area contributed by atoms with Gasteiger partial charge in [0.2, 0.25) is 15.6 Å². The predicted molar refractivity (Wildman–Crippen MR) is 113 cm³/mol. The molecule has 11 heteroatoms. The van der Waals surface area contributed by atoms with Crippen LogP contribution in [0, 0.1) is 0 Å². The number of aromatic nitrogens is 3. The minimum Gasteiger partial charge on any atom is -0.496 e. The van der Waals surface area contributed by atoms with Crippen LogP contribution in [0.4, 0.5) is 13.2 Å². The van der Waals surface area contributed by atoms with E-state index in [0.29, 0.717) is 53.5 Å². The molecule has 0 bridgehead atoms. The molecule has 2 heterocycles. The van der Waals surface area contributed by atoms with Crippen molar-refractivity contribution in [1.29, 1.82) is 0 Å². The quantitative estimate of drug-likeness (QED) is 0.342. The average Bonchev–Trinajstić information content (AvgIpc) is 3.14. The molecule has 2 aromatic heterocycles. The second kappa shape index (κ2) is 7.75. The summed E-state index contributed by atoms with van der Waals surface area (Å²) in [6.45, 7) is 0. The van der Waals surface area contributed by atoms with E-state index < -0.39 is 34.0 Å². The van der Waals surface area contributed by atoms with E-state index in [2.05, 4.69) is 4.37 Å². The number of hydrogen-bond donors (Lipinski definition) is 0. The van der Waals surface area contributed by atoms with Crippen molar-refractivity contribution in [3.8, 4) is 17.0 Å². The van der Waals surface area contributed by atoms with Gasteiger partial charge in [-0.15, -0.1) is 0 Å². The Morgan fingerprint density at radius 2 is 1.81 bits per heavy atom. The number of carbonyl (C=O) groups excluding carboxylic acids is 1. The van der Waals surface area contributed by atoms with Gasteiger partial charge in [0.1, 0.15) is 23.4 Å². The van der Waals surface area contributed by atoms with E-state index in [4.69, 9.17) is 4.74 Å². The number of ether oxygens (including phenoxy) is 1. The summed E-state index contributed by atoms with van der Waals surface area (Å²) in [5.74, 6) is 0.405. The van der Waals surface area contributed by atoms with Crippen molar-refractivity contribution in [3.05, 3.63) is 80.6 Å². The van der Waals surface area contributed by atoms with Crippen LogP contribution >= 0.6 is 10.9 Å². The Morgan fingerprint density at radius 1 is 1.09 bits per heavy atom. The number of aldehydes is 1. The van der Waals surface area contributed by atoms with Gasteiger partial charge in [-0.2, -0.15) is 13.2 Å². The van der Waals surface area contributed by atoms with Crippen molar-refractivity contribution >= 4 is 27.2 Å². The molecule has 32 heavy (non-hydrogen) atoms. The van der Waals surface area contributed by atoms with Gasteiger partial charge in [0, 0.05) is 30.3 Å². The van der Waals surface area contributed by atoms with E-state index >= 15 is 0 Å². The summed E-state index contributed by atoms with van der Waals surface area (Å²) in [5.41, 5.74) is -2.42. The highest BCUT2D eigenvalue weighted by Gasteiger charge is 2.37. The second-order valence-corrected chi connectivity index (χ2v) is 8.30. The Hall–Kier alpha value is -3.73. The molecule has 7 nitrogen and oxygen atoms in total.